The Morgan fingerprint density at radius 1 is 0.750 bits per heavy atom. The molecule has 3 nitrogen and oxygen atoms in total. The van der Waals surface area contributed by atoms with Crippen molar-refractivity contribution >= 4 is 43.8 Å². The van der Waals surface area contributed by atoms with Crippen LogP contribution in [0.25, 0.3) is 43.8 Å². The van der Waals surface area contributed by atoms with Crippen molar-refractivity contribution in [2.45, 2.75) is 0 Å². The van der Waals surface area contributed by atoms with Crippen molar-refractivity contribution < 1.29 is 8.83 Å². The van der Waals surface area contributed by atoms with Gasteiger partial charge in [0.25, 0.3) is 0 Å². The Morgan fingerprint density at radius 2 is 1.60 bits per heavy atom. The first-order chi connectivity index (χ1) is 9.92. The topological polar surface area (TPSA) is 39.2 Å². The lowest BCUT2D eigenvalue weighted by molar-refractivity contribution is 0.602. The molecule has 0 aliphatic carbocycles. The average Bonchev–Trinajstić information content (AvgIpc) is 3.10. The molecule has 0 aliphatic rings. The monoisotopic (exact) mass is 259 g/mol. The highest BCUT2D eigenvalue weighted by atomic mass is 16.3. The van der Waals surface area contributed by atoms with Crippen molar-refractivity contribution in [2.24, 2.45) is 0 Å². The smallest absolute Gasteiger partial charge is 0.182 e. The molecule has 0 N–H and O–H groups in total. The summed E-state index contributed by atoms with van der Waals surface area (Å²) in [5, 5.41) is 4.46. The Morgan fingerprint density at radius 3 is 2.55 bits per heavy atom. The summed E-state index contributed by atoms with van der Waals surface area (Å²) in [7, 11) is 0. The Bertz CT molecular complexity index is 1100. The normalized spacial score (nSPS) is 12.0. The first-order valence-corrected chi connectivity index (χ1v) is 6.48. The maximum atomic E-state index is 5.93. The van der Waals surface area contributed by atoms with E-state index in [1.165, 1.54) is 6.39 Å². The highest BCUT2D eigenvalue weighted by molar-refractivity contribution is 6.25. The molecule has 0 amide bonds. The fourth-order valence-electron chi connectivity index (χ4n) is 2.95. The van der Waals surface area contributed by atoms with Gasteiger partial charge in [-0.25, -0.2) is 4.98 Å². The maximum Gasteiger partial charge on any atom is 0.182 e. The summed E-state index contributed by atoms with van der Waals surface area (Å²) in [5.41, 5.74) is 3.47. The van der Waals surface area contributed by atoms with E-state index in [-0.39, 0.29) is 0 Å². The predicted molar refractivity (Wildman–Crippen MR) is 78.8 cm³/mol. The van der Waals surface area contributed by atoms with Gasteiger partial charge in [0.15, 0.2) is 12.0 Å². The summed E-state index contributed by atoms with van der Waals surface area (Å²) < 4.78 is 11.3. The summed E-state index contributed by atoms with van der Waals surface area (Å²) in [4.78, 5) is 4.38. The fourth-order valence-corrected chi connectivity index (χ4v) is 2.95. The van der Waals surface area contributed by atoms with Gasteiger partial charge >= 0.3 is 0 Å². The van der Waals surface area contributed by atoms with E-state index in [0.717, 1.165) is 43.8 Å². The molecular weight excluding hydrogens is 250 g/mol. The number of rotatable bonds is 0. The number of furan rings is 1. The molecule has 0 bridgehead atoms. The minimum Gasteiger partial charge on any atom is -0.456 e. The van der Waals surface area contributed by atoms with E-state index in [9.17, 15) is 0 Å². The highest BCUT2D eigenvalue weighted by Gasteiger charge is 2.13. The van der Waals surface area contributed by atoms with Gasteiger partial charge in [0, 0.05) is 16.2 Å². The third-order valence-corrected chi connectivity index (χ3v) is 3.82. The van der Waals surface area contributed by atoms with E-state index in [1.54, 1.807) is 0 Å². The fraction of sp³-hybridized carbons (Fsp3) is 0. The first-order valence-electron chi connectivity index (χ1n) is 6.48. The first kappa shape index (κ1) is 10.0. The number of aromatic nitrogens is 1. The molecule has 2 aromatic heterocycles. The van der Waals surface area contributed by atoms with Crippen LogP contribution in [0.15, 0.2) is 63.8 Å². The van der Waals surface area contributed by atoms with Crippen LogP contribution in [-0.4, -0.2) is 4.98 Å². The molecule has 2 heterocycles. The molecular formula is C17H9NO2. The van der Waals surface area contributed by atoms with Crippen LogP contribution in [0.4, 0.5) is 0 Å². The summed E-state index contributed by atoms with van der Waals surface area (Å²) in [6.07, 6.45) is 1.49. The van der Waals surface area contributed by atoms with Crippen molar-refractivity contribution in [2.75, 3.05) is 0 Å². The van der Waals surface area contributed by atoms with Crippen LogP contribution in [0.2, 0.25) is 0 Å². The Balaban J connectivity index is 2.21. The van der Waals surface area contributed by atoms with Gasteiger partial charge in [-0.05, 0) is 23.6 Å². The molecule has 5 aromatic rings. The van der Waals surface area contributed by atoms with Crippen molar-refractivity contribution in [3.63, 3.8) is 0 Å². The van der Waals surface area contributed by atoms with Gasteiger partial charge in [-0.3, -0.25) is 0 Å². The summed E-state index contributed by atoms with van der Waals surface area (Å²) in [6, 6.07) is 16.2. The molecule has 5 rings (SSSR count). The summed E-state index contributed by atoms with van der Waals surface area (Å²) >= 11 is 0. The quantitative estimate of drug-likeness (QED) is 0.398. The zero-order valence-corrected chi connectivity index (χ0v) is 10.5. The second-order valence-electron chi connectivity index (χ2n) is 4.90. The highest BCUT2D eigenvalue weighted by Crippen LogP contribution is 2.37. The Hall–Kier alpha value is -2.81. The van der Waals surface area contributed by atoms with Crippen LogP contribution >= 0.6 is 0 Å². The minimum absolute atomic E-state index is 0.801. The molecule has 0 radical (unpaired) electrons. The van der Waals surface area contributed by atoms with Crippen molar-refractivity contribution in [1.82, 2.24) is 4.98 Å². The van der Waals surface area contributed by atoms with E-state index < -0.39 is 0 Å². The number of nitrogens with zero attached hydrogens (tertiary/aromatic N) is 1. The van der Waals surface area contributed by atoms with Gasteiger partial charge in [0.05, 0.1) is 0 Å². The molecule has 0 spiro atoms. The van der Waals surface area contributed by atoms with Crippen LogP contribution in [0, 0.1) is 0 Å². The lowest BCUT2D eigenvalue weighted by Crippen LogP contribution is -1.77. The van der Waals surface area contributed by atoms with Gasteiger partial charge in [0.2, 0.25) is 0 Å². The van der Waals surface area contributed by atoms with E-state index in [2.05, 4.69) is 23.2 Å². The molecule has 0 atom stereocenters. The third-order valence-electron chi connectivity index (χ3n) is 3.82. The lowest BCUT2D eigenvalue weighted by Gasteiger charge is -2.00. The minimum atomic E-state index is 0.801. The largest absolute Gasteiger partial charge is 0.456 e. The Kier molecular flexibility index (Phi) is 1.70. The van der Waals surface area contributed by atoms with E-state index in [0.29, 0.717) is 0 Å². The van der Waals surface area contributed by atoms with Crippen LogP contribution in [-0.2, 0) is 0 Å². The van der Waals surface area contributed by atoms with Gasteiger partial charge in [-0.2, -0.15) is 0 Å². The molecule has 94 valence electrons. The number of hydrogen-bond donors (Lipinski definition) is 0. The Labute approximate surface area is 113 Å². The van der Waals surface area contributed by atoms with Crippen molar-refractivity contribution in [3.8, 4) is 0 Å². The molecule has 0 aliphatic heterocycles. The maximum absolute atomic E-state index is 5.93. The van der Waals surface area contributed by atoms with Crippen molar-refractivity contribution in [1.29, 1.82) is 0 Å². The van der Waals surface area contributed by atoms with E-state index in [4.69, 9.17) is 8.83 Å². The van der Waals surface area contributed by atoms with Crippen LogP contribution < -0.4 is 0 Å². The van der Waals surface area contributed by atoms with E-state index >= 15 is 0 Å². The second kappa shape index (κ2) is 3.39. The van der Waals surface area contributed by atoms with Gasteiger partial charge < -0.3 is 8.83 Å². The average molecular weight is 259 g/mol. The molecule has 0 fully saturated rings. The molecule has 0 saturated carbocycles. The summed E-state index contributed by atoms with van der Waals surface area (Å²) in [6.45, 7) is 0. The van der Waals surface area contributed by atoms with Crippen LogP contribution in [0.3, 0.4) is 0 Å². The lowest BCUT2D eigenvalue weighted by atomic mass is 10.0. The number of oxazole rings is 1. The zero-order chi connectivity index (χ0) is 13.1. The number of para-hydroxylation sites is 1. The molecule has 3 aromatic carbocycles. The third kappa shape index (κ3) is 1.12. The molecule has 0 saturated heterocycles. The van der Waals surface area contributed by atoms with Crippen molar-refractivity contribution in [3.05, 3.63) is 54.9 Å². The predicted octanol–water partition coefficient (Wildman–Crippen LogP) is 4.88. The second-order valence-corrected chi connectivity index (χ2v) is 4.90. The zero-order valence-electron chi connectivity index (χ0n) is 10.5. The van der Waals surface area contributed by atoms with E-state index in [1.807, 2.05) is 30.3 Å². The number of fused-ring (bicyclic) bond motifs is 7. The number of hydrogen-bond acceptors (Lipinski definition) is 3. The molecule has 3 heteroatoms. The van der Waals surface area contributed by atoms with Gasteiger partial charge in [-0.1, -0.05) is 30.3 Å². The molecule has 0 unspecified atom stereocenters. The van der Waals surface area contributed by atoms with Crippen LogP contribution in [0.1, 0.15) is 0 Å². The number of benzene rings is 3. The summed E-state index contributed by atoms with van der Waals surface area (Å²) in [5.74, 6) is 0. The SMILES string of the molecule is c1ccc2c(c1)oc1ccc3ccc4ocnc4c3c12. The molecule has 20 heavy (non-hydrogen) atoms. The van der Waals surface area contributed by atoms with Crippen LogP contribution in [0.5, 0.6) is 0 Å². The van der Waals surface area contributed by atoms with Gasteiger partial charge in [-0.15, -0.1) is 0 Å². The van der Waals surface area contributed by atoms with Gasteiger partial charge in [0.1, 0.15) is 16.7 Å². The standard InChI is InChI=1S/C17H9NO2/c1-2-4-12-11(3-1)16-13(20-12)7-5-10-6-8-14-17(15(10)16)18-9-19-14/h1-9H.